The first-order chi connectivity index (χ1) is 11.6. The van der Waals surface area contributed by atoms with Crippen LogP contribution in [0.15, 0.2) is 18.2 Å². The molecule has 1 aliphatic rings. The first-order valence-corrected chi connectivity index (χ1v) is 8.94. The van der Waals surface area contributed by atoms with E-state index < -0.39 is 0 Å². The van der Waals surface area contributed by atoms with Crippen LogP contribution < -0.4 is 5.32 Å². The van der Waals surface area contributed by atoms with E-state index in [0.717, 1.165) is 30.2 Å². The van der Waals surface area contributed by atoms with Gasteiger partial charge in [-0.25, -0.2) is 9.37 Å². The summed E-state index contributed by atoms with van der Waals surface area (Å²) in [7, 11) is 3.69. The van der Waals surface area contributed by atoms with Crippen LogP contribution in [0.2, 0.25) is 5.02 Å². The number of anilines is 1. The largest absolute Gasteiger partial charge is 0.377 e. The van der Waals surface area contributed by atoms with Gasteiger partial charge in [0.2, 0.25) is 5.13 Å². The predicted octanol–water partition coefficient (Wildman–Crippen LogP) is 3.58. The number of rotatable bonds is 6. The van der Waals surface area contributed by atoms with Crippen molar-refractivity contribution in [2.24, 2.45) is 5.92 Å². The van der Waals surface area contributed by atoms with Gasteiger partial charge in [-0.05, 0) is 43.6 Å². The number of hydrogen-bond acceptors (Lipinski definition) is 6. The minimum absolute atomic E-state index is 0.161. The Balaban J connectivity index is 1.68. The molecule has 0 radical (unpaired) electrons. The fraction of sp³-hybridized carbons (Fsp3) is 0.500. The van der Waals surface area contributed by atoms with Gasteiger partial charge >= 0.3 is 0 Å². The van der Waals surface area contributed by atoms with Crippen molar-refractivity contribution in [3.63, 3.8) is 0 Å². The molecule has 0 bridgehead atoms. The molecule has 2 atom stereocenters. The van der Waals surface area contributed by atoms with Gasteiger partial charge in [0.05, 0.1) is 5.02 Å². The van der Waals surface area contributed by atoms with E-state index in [9.17, 15) is 4.39 Å². The van der Waals surface area contributed by atoms with Gasteiger partial charge in [0.15, 0.2) is 5.82 Å². The van der Waals surface area contributed by atoms with Crippen molar-refractivity contribution in [1.82, 2.24) is 14.3 Å². The van der Waals surface area contributed by atoms with Gasteiger partial charge in [0.1, 0.15) is 12.4 Å². The van der Waals surface area contributed by atoms with Crippen LogP contribution in [-0.2, 0) is 11.3 Å². The topological polar surface area (TPSA) is 50.3 Å². The Morgan fingerprint density at radius 3 is 3.08 bits per heavy atom. The third-order valence-electron chi connectivity index (χ3n) is 4.32. The maximum atomic E-state index is 13.8. The molecule has 0 aliphatic carbocycles. The highest BCUT2D eigenvalue weighted by molar-refractivity contribution is 7.09. The number of benzene rings is 1. The molecule has 1 aliphatic heterocycles. The molecule has 0 saturated carbocycles. The molecule has 1 fully saturated rings. The minimum Gasteiger partial charge on any atom is -0.377 e. The molecule has 1 saturated heterocycles. The summed E-state index contributed by atoms with van der Waals surface area (Å²) in [6.07, 6.45) is 1.04. The molecule has 5 nitrogen and oxygen atoms in total. The Bertz CT molecular complexity index is 698. The molecule has 0 amide bonds. The van der Waals surface area contributed by atoms with Gasteiger partial charge in [-0.3, -0.25) is 4.90 Å². The van der Waals surface area contributed by atoms with Crippen molar-refractivity contribution >= 4 is 28.3 Å². The molecular formula is C16H20ClFN4OS. The summed E-state index contributed by atoms with van der Waals surface area (Å²) >= 11 is 7.14. The molecule has 2 unspecified atom stereocenters. The fourth-order valence-electron chi connectivity index (χ4n) is 3.19. The molecule has 0 spiro atoms. The maximum Gasteiger partial charge on any atom is 0.202 e. The van der Waals surface area contributed by atoms with E-state index in [1.807, 2.05) is 6.07 Å². The molecule has 2 heterocycles. The molecule has 2 aromatic rings. The van der Waals surface area contributed by atoms with Gasteiger partial charge in [-0.1, -0.05) is 17.7 Å². The summed E-state index contributed by atoms with van der Waals surface area (Å²) in [6.45, 7) is 2.16. The predicted molar refractivity (Wildman–Crippen MR) is 94.0 cm³/mol. The Morgan fingerprint density at radius 2 is 2.33 bits per heavy atom. The van der Waals surface area contributed by atoms with Crippen molar-refractivity contribution in [3.05, 3.63) is 40.4 Å². The lowest BCUT2D eigenvalue weighted by atomic mass is 9.93. The maximum absolute atomic E-state index is 13.8. The summed E-state index contributed by atoms with van der Waals surface area (Å²) < 4.78 is 23.1. The van der Waals surface area contributed by atoms with E-state index in [1.54, 1.807) is 19.2 Å². The third-order valence-corrected chi connectivity index (χ3v) is 5.33. The first-order valence-electron chi connectivity index (χ1n) is 7.79. The number of nitrogens with zero attached hydrogens (tertiary/aromatic N) is 3. The van der Waals surface area contributed by atoms with E-state index in [4.69, 9.17) is 16.3 Å². The fourth-order valence-corrected chi connectivity index (χ4v) is 3.89. The third kappa shape index (κ3) is 3.85. The summed E-state index contributed by atoms with van der Waals surface area (Å²) in [6, 6.07) is 5.25. The number of likely N-dealkylation sites (tertiary alicyclic amines) is 1. The highest BCUT2D eigenvalue weighted by Crippen LogP contribution is 2.37. The molecule has 8 heteroatoms. The Kier molecular flexibility index (Phi) is 5.65. The lowest BCUT2D eigenvalue weighted by molar-refractivity contribution is 0.179. The zero-order valence-corrected chi connectivity index (χ0v) is 15.2. The number of ether oxygens (including phenoxy) is 1. The van der Waals surface area contributed by atoms with E-state index in [2.05, 4.69) is 26.6 Å². The number of halogens is 2. The number of aromatic nitrogens is 2. The van der Waals surface area contributed by atoms with Crippen LogP contribution in [-0.4, -0.2) is 41.5 Å². The van der Waals surface area contributed by atoms with Gasteiger partial charge in [-0.2, -0.15) is 4.37 Å². The van der Waals surface area contributed by atoms with E-state index >= 15 is 0 Å². The molecule has 130 valence electrons. The average Bonchev–Trinajstić information content (AvgIpc) is 3.15. The second-order valence-electron chi connectivity index (χ2n) is 5.98. The summed E-state index contributed by atoms with van der Waals surface area (Å²) in [5.41, 5.74) is 0.959. The highest BCUT2D eigenvalue weighted by Gasteiger charge is 2.33. The zero-order valence-electron chi connectivity index (χ0n) is 13.6. The second kappa shape index (κ2) is 7.74. The quantitative estimate of drug-likeness (QED) is 0.842. The number of methoxy groups -OCH3 is 1. The van der Waals surface area contributed by atoms with E-state index in [0.29, 0.717) is 18.3 Å². The van der Waals surface area contributed by atoms with Gasteiger partial charge in [-0.15, -0.1) is 0 Å². The molecular weight excluding hydrogens is 351 g/mol. The van der Waals surface area contributed by atoms with Crippen LogP contribution in [0, 0.1) is 11.7 Å². The van der Waals surface area contributed by atoms with Crippen LogP contribution in [0.1, 0.15) is 23.9 Å². The van der Waals surface area contributed by atoms with Gasteiger partial charge in [0, 0.05) is 31.2 Å². The van der Waals surface area contributed by atoms with Crippen molar-refractivity contribution in [1.29, 1.82) is 0 Å². The Hall–Kier alpha value is -1.28. The molecule has 1 aromatic heterocycles. The number of nitrogens with one attached hydrogen (secondary N) is 1. The van der Waals surface area contributed by atoms with Crippen molar-refractivity contribution < 1.29 is 9.13 Å². The van der Waals surface area contributed by atoms with Crippen LogP contribution in [0.25, 0.3) is 0 Å². The summed E-state index contributed by atoms with van der Waals surface area (Å²) in [5, 5.41) is 4.30. The zero-order chi connectivity index (χ0) is 17.1. The van der Waals surface area contributed by atoms with Crippen LogP contribution in [0.5, 0.6) is 0 Å². The van der Waals surface area contributed by atoms with Crippen molar-refractivity contribution in [2.75, 3.05) is 32.6 Å². The normalized spacial score (nSPS) is 21.3. The average molecular weight is 371 g/mol. The van der Waals surface area contributed by atoms with Crippen molar-refractivity contribution in [2.45, 2.75) is 19.1 Å². The van der Waals surface area contributed by atoms with Gasteiger partial charge in [0.25, 0.3) is 0 Å². The molecule has 24 heavy (non-hydrogen) atoms. The lowest BCUT2D eigenvalue weighted by Crippen LogP contribution is -2.25. The van der Waals surface area contributed by atoms with E-state index in [1.165, 1.54) is 11.5 Å². The monoisotopic (exact) mass is 370 g/mol. The van der Waals surface area contributed by atoms with Crippen LogP contribution in [0.4, 0.5) is 9.52 Å². The highest BCUT2D eigenvalue weighted by atomic mass is 35.5. The van der Waals surface area contributed by atoms with Crippen LogP contribution in [0.3, 0.4) is 0 Å². The minimum atomic E-state index is -0.366. The van der Waals surface area contributed by atoms with Crippen molar-refractivity contribution in [3.8, 4) is 0 Å². The smallest absolute Gasteiger partial charge is 0.202 e. The molecule has 1 aromatic carbocycles. The first kappa shape index (κ1) is 17.5. The SMILES string of the molecule is COCc1nsc(NCC2CCN(C)C2c2ccc(Cl)c(F)c2)n1. The second-order valence-corrected chi connectivity index (χ2v) is 7.14. The standard InChI is InChI=1S/C16H20ClFN4OS/c1-22-6-5-11(8-19-16-20-14(9-23-2)21-24-16)15(22)10-3-4-12(17)13(18)7-10/h3-4,7,11,15H,5-6,8-9H2,1-2H3,(H,19,20,21). The molecule has 3 rings (SSSR count). The van der Waals surface area contributed by atoms with E-state index in [-0.39, 0.29) is 16.9 Å². The lowest BCUT2D eigenvalue weighted by Gasteiger charge is -2.26. The van der Waals surface area contributed by atoms with Crippen LogP contribution >= 0.6 is 23.1 Å². The van der Waals surface area contributed by atoms with Gasteiger partial charge < -0.3 is 10.1 Å². The summed E-state index contributed by atoms with van der Waals surface area (Å²) in [5.74, 6) is 0.685. The number of hydrogen-bond donors (Lipinski definition) is 1. The Labute approximate surface area is 150 Å². The Morgan fingerprint density at radius 1 is 1.50 bits per heavy atom. The molecule has 1 N–H and O–H groups in total. The summed E-state index contributed by atoms with van der Waals surface area (Å²) in [4.78, 5) is 6.64.